The maximum atomic E-state index is 14.3. The Kier molecular flexibility index (Phi) is 6.28. The van der Waals surface area contributed by atoms with Crippen LogP contribution in [-0.4, -0.2) is 70.1 Å². The molecule has 2 atom stereocenters. The number of likely N-dealkylation sites (tertiary alicyclic amines) is 1. The predicted molar refractivity (Wildman–Crippen MR) is 123 cm³/mol. The van der Waals surface area contributed by atoms with Crippen LogP contribution in [0.15, 0.2) is 48.7 Å². The van der Waals surface area contributed by atoms with Gasteiger partial charge in [-0.1, -0.05) is 24.3 Å². The summed E-state index contributed by atoms with van der Waals surface area (Å²) in [7, 11) is 1.55. The number of nitrogens with zero attached hydrogens (tertiary/aromatic N) is 5. The van der Waals surface area contributed by atoms with Crippen LogP contribution in [0.1, 0.15) is 18.0 Å². The third-order valence-electron chi connectivity index (χ3n) is 6.30. The highest BCUT2D eigenvalue weighted by molar-refractivity contribution is 5.86. The minimum absolute atomic E-state index is 0.0792. The van der Waals surface area contributed by atoms with Crippen LogP contribution in [0.4, 0.5) is 17.6 Å². The molecular weight excluding hydrogens is 464 g/mol. The maximum absolute atomic E-state index is 14.3. The van der Waals surface area contributed by atoms with Crippen LogP contribution < -0.4 is 10.1 Å². The lowest BCUT2D eigenvalue weighted by atomic mass is 10.1. The molecule has 1 N–H and O–H groups in total. The smallest absolute Gasteiger partial charge is 0.408 e. The molecule has 5 rings (SSSR count). The van der Waals surface area contributed by atoms with Gasteiger partial charge < -0.3 is 10.1 Å². The van der Waals surface area contributed by atoms with Gasteiger partial charge in [0.2, 0.25) is 0 Å². The average Bonchev–Trinajstić information content (AvgIpc) is 3.48. The van der Waals surface area contributed by atoms with Gasteiger partial charge in [0.1, 0.15) is 29.7 Å². The van der Waals surface area contributed by atoms with Gasteiger partial charge >= 0.3 is 6.18 Å². The third kappa shape index (κ3) is 4.53. The highest BCUT2D eigenvalue weighted by Crippen LogP contribution is 2.40. The molecule has 35 heavy (non-hydrogen) atoms. The fourth-order valence-corrected chi connectivity index (χ4v) is 4.71. The Labute approximate surface area is 198 Å². The largest absolute Gasteiger partial charge is 0.494 e. The quantitative estimate of drug-likeness (QED) is 0.394. The standard InChI is InChI=1S/C24H24F4N6O/c1-35-19-4-2-3-15-5-7-18(30-21(15)19)23-32-31-20-8-6-16(13-34(20)23)22(24(26,27)28)33-12-9-17(14-33)29-11-10-25/h2-8,13,17,22,29H,9-12,14H2,1H3. The van der Waals surface area contributed by atoms with Crippen molar-refractivity contribution in [1.29, 1.82) is 0 Å². The number of hydrogen-bond acceptors (Lipinski definition) is 6. The Balaban J connectivity index is 1.54. The van der Waals surface area contributed by atoms with E-state index in [1.54, 1.807) is 19.2 Å². The van der Waals surface area contributed by atoms with E-state index < -0.39 is 18.9 Å². The van der Waals surface area contributed by atoms with Gasteiger partial charge in [-0.2, -0.15) is 13.2 Å². The SMILES string of the molecule is COc1cccc2ccc(-c3nnc4ccc(C(N5CCC(NCCF)C5)C(F)(F)F)cn34)nc12. The van der Waals surface area contributed by atoms with Crippen LogP contribution in [0.2, 0.25) is 0 Å². The van der Waals surface area contributed by atoms with E-state index >= 15 is 0 Å². The molecule has 0 amide bonds. The van der Waals surface area contributed by atoms with Gasteiger partial charge in [0.15, 0.2) is 11.5 Å². The molecule has 1 aliphatic heterocycles. The molecule has 0 aliphatic carbocycles. The van der Waals surface area contributed by atoms with E-state index in [0.717, 1.165) is 5.39 Å². The Morgan fingerprint density at radius 2 is 2.00 bits per heavy atom. The number of rotatable bonds is 7. The molecule has 11 heteroatoms. The van der Waals surface area contributed by atoms with E-state index in [2.05, 4.69) is 20.5 Å². The molecule has 1 saturated heterocycles. The summed E-state index contributed by atoms with van der Waals surface area (Å²) in [5, 5.41) is 12.2. The first-order chi connectivity index (χ1) is 16.9. The van der Waals surface area contributed by atoms with Crippen molar-refractivity contribution >= 4 is 16.6 Å². The summed E-state index contributed by atoms with van der Waals surface area (Å²) in [6.07, 6.45) is -2.54. The van der Waals surface area contributed by atoms with Gasteiger partial charge in [-0.25, -0.2) is 9.37 Å². The molecule has 1 fully saturated rings. The first-order valence-corrected chi connectivity index (χ1v) is 11.3. The number of ether oxygens (including phenoxy) is 1. The van der Waals surface area contributed by atoms with E-state index in [4.69, 9.17) is 4.74 Å². The second kappa shape index (κ2) is 9.38. The van der Waals surface area contributed by atoms with Gasteiger partial charge in [-0.05, 0) is 30.2 Å². The summed E-state index contributed by atoms with van der Waals surface area (Å²) in [6.45, 7) is 0.0201. The Hall–Kier alpha value is -3.31. The minimum atomic E-state index is -4.49. The summed E-state index contributed by atoms with van der Waals surface area (Å²) in [5.41, 5.74) is 1.58. The molecule has 2 unspecified atom stereocenters. The fourth-order valence-electron chi connectivity index (χ4n) is 4.71. The van der Waals surface area contributed by atoms with Crippen molar-refractivity contribution in [3.05, 3.63) is 54.2 Å². The molecule has 0 spiro atoms. The summed E-state index contributed by atoms with van der Waals surface area (Å²) in [4.78, 5) is 6.05. The number of pyridine rings is 2. The first kappa shape index (κ1) is 23.4. The van der Waals surface area contributed by atoms with Gasteiger partial charge in [0, 0.05) is 37.3 Å². The zero-order valence-corrected chi connectivity index (χ0v) is 19.0. The summed E-state index contributed by atoms with van der Waals surface area (Å²) in [5.74, 6) is 0.917. The second-order valence-corrected chi connectivity index (χ2v) is 8.51. The summed E-state index contributed by atoms with van der Waals surface area (Å²) < 4.78 is 62.2. The lowest BCUT2D eigenvalue weighted by Crippen LogP contribution is -2.40. The third-order valence-corrected chi connectivity index (χ3v) is 6.30. The Morgan fingerprint density at radius 1 is 1.14 bits per heavy atom. The molecule has 4 aromatic rings. The highest BCUT2D eigenvalue weighted by atomic mass is 19.4. The molecule has 0 radical (unpaired) electrons. The Bertz CT molecular complexity index is 1340. The monoisotopic (exact) mass is 488 g/mol. The summed E-state index contributed by atoms with van der Waals surface area (Å²) >= 11 is 0. The highest BCUT2D eigenvalue weighted by Gasteiger charge is 2.46. The van der Waals surface area contributed by atoms with Gasteiger partial charge in [-0.15, -0.1) is 10.2 Å². The molecule has 4 heterocycles. The van der Waals surface area contributed by atoms with Gasteiger partial charge in [0.05, 0.1) is 7.11 Å². The van der Waals surface area contributed by atoms with Crippen molar-refractivity contribution in [1.82, 2.24) is 29.8 Å². The van der Waals surface area contributed by atoms with Crippen LogP contribution in [-0.2, 0) is 0 Å². The van der Waals surface area contributed by atoms with Crippen LogP contribution in [0.5, 0.6) is 5.75 Å². The lowest BCUT2D eigenvalue weighted by Gasteiger charge is -2.30. The van der Waals surface area contributed by atoms with Crippen LogP contribution in [0.3, 0.4) is 0 Å². The second-order valence-electron chi connectivity index (χ2n) is 8.51. The van der Waals surface area contributed by atoms with Crippen molar-refractivity contribution in [2.75, 3.05) is 33.4 Å². The summed E-state index contributed by atoms with van der Waals surface area (Å²) in [6, 6.07) is 10.1. The van der Waals surface area contributed by atoms with E-state index in [1.807, 2.05) is 18.2 Å². The van der Waals surface area contributed by atoms with Crippen molar-refractivity contribution < 1.29 is 22.3 Å². The number of methoxy groups -OCH3 is 1. The van der Waals surface area contributed by atoms with E-state index in [1.165, 1.54) is 27.6 Å². The number of aromatic nitrogens is 4. The number of alkyl halides is 4. The average molecular weight is 488 g/mol. The fraction of sp³-hybridized carbons (Fsp3) is 0.375. The Morgan fingerprint density at radius 3 is 2.77 bits per heavy atom. The topological polar surface area (TPSA) is 67.6 Å². The van der Waals surface area contributed by atoms with Crippen molar-refractivity contribution in [2.45, 2.75) is 24.7 Å². The van der Waals surface area contributed by atoms with Crippen LogP contribution in [0, 0.1) is 0 Å². The first-order valence-electron chi connectivity index (χ1n) is 11.3. The molecular formula is C24H24F4N6O. The zero-order valence-electron chi connectivity index (χ0n) is 19.0. The van der Waals surface area contributed by atoms with E-state index in [9.17, 15) is 17.6 Å². The molecule has 184 valence electrons. The number of nitrogens with one attached hydrogen (secondary N) is 1. The molecule has 1 aliphatic rings. The zero-order chi connectivity index (χ0) is 24.6. The molecule has 0 saturated carbocycles. The van der Waals surface area contributed by atoms with Crippen molar-refractivity contribution in [2.24, 2.45) is 0 Å². The van der Waals surface area contributed by atoms with E-state index in [0.29, 0.717) is 34.9 Å². The van der Waals surface area contributed by atoms with Gasteiger partial charge in [-0.3, -0.25) is 9.30 Å². The molecule has 7 nitrogen and oxygen atoms in total. The number of halogens is 4. The molecule has 1 aromatic carbocycles. The van der Waals surface area contributed by atoms with Crippen molar-refractivity contribution in [3.63, 3.8) is 0 Å². The maximum Gasteiger partial charge on any atom is 0.408 e. The van der Waals surface area contributed by atoms with Gasteiger partial charge in [0.25, 0.3) is 0 Å². The number of para-hydroxylation sites is 1. The number of fused-ring (bicyclic) bond motifs is 2. The number of hydrogen-bond donors (Lipinski definition) is 1. The number of benzene rings is 1. The minimum Gasteiger partial charge on any atom is -0.494 e. The molecule has 0 bridgehead atoms. The lowest BCUT2D eigenvalue weighted by molar-refractivity contribution is -0.184. The van der Waals surface area contributed by atoms with Crippen molar-refractivity contribution in [3.8, 4) is 17.3 Å². The molecule has 3 aromatic heterocycles. The van der Waals surface area contributed by atoms with Crippen LogP contribution in [0.25, 0.3) is 28.1 Å². The van der Waals surface area contributed by atoms with E-state index in [-0.39, 0.29) is 31.2 Å². The normalized spacial score (nSPS) is 17.9. The predicted octanol–water partition coefficient (Wildman–Crippen LogP) is 4.19. The van der Waals surface area contributed by atoms with Crippen LogP contribution >= 0.6 is 0 Å².